The maximum absolute atomic E-state index is 11.6. The zero-order chi connectivity index (χ0) is 14.4. The predicted octanol–water partition coefficient (Wildman–Crippen LogP) is 1.49. The maximum Gasteiger partial charge on any atom is 0.409 e. The summed E-state index contributed by atoms with van der Waals surface area (Å²) in [7, 11) is 0. The lowest BCUT2D eigenvalue weighted by Crippen LogP contribution is -2.49. The average Bonchev–Trinajstić information content (AvgIpc) is 2.49. The van der Waals surface area contributed by atoms with Gasteiger partial charge in [0.25, 0.3) is 0 Å². The van der Waals surface area contributed by atoms with Crippen LogP contribution in [0.5, 0.6) is 0 Å². The van der Waals surface area contributed by atoms with Crippen molar-refractivity contribution in [2.45, 2.75) is 13.0 Å². The van der Waals surface area contributed by atoms with Gasteiger partial charge in [0.1, 0.15) is 0 Å². The molecule has 1 N–H and O–H groups in total. The zero-order valence-corrected chi connectivity index (χ0v) is 11.9. The van der Waals surface area contributed by atoms with E-state index in [4.69, 9.17) is 4.74 Å². The molecule has 20 heavy (non-hydrogen) atoms. The number of piperazine rings is 1. The first-order chi connectivity index (χ1) is 9.70. The van der Waals surface area contributed by atoms with Crippen molar-refractivity contribution in [3.05, 3.63) is 35.9 Å². The summed E-state index contributed by atoms with van der Waals surface area (Å²) in [6, 6.07) is 9.65. The van der Waals surface area contributed by atoms with Crippen LogP contribution in [0.25, 0.3) is 0 Å². The van der Waals surface area contributed by atoms with Crippen LogP contribution >= 0.6 is 0 Å². The van der Waals surface area contributed by atoms with Crippen molar-refractivity contribution in [2.75, 3.05) is 39.3 Å². The van der Waals surface area contributed by atoms with Crippen LogP contribution in [0.3, 0.4) is 0 Å². The summed E-state index contributed by atoms with van der Waals surface area (Å²) in [5.41, 5.74) is 0.931. The Bertz CT molecular complexity index is 416. The summed E-state index contributed by atoms with van der Waals surface area (Å²) < 4.78 is 4.99. The second-order valence-electron chi connectivity index (χ2n) is 4.91. The summed E-state index contributed by atoms with van der Waals surface area (Å²) in [4.78, 5) is 15.5. The summed E-state index contributed by atoms with van der Waals surface area (Å²) in [6.45, 7) is 5.66. The minimum Gasteiger partial charge on any atom is -0.450 e. The molecule has 0 bridgehead atoms. The van der Waals surface area contributed by atoms with Crippen LogP contribution in [-0.4, -0.2) is 60.3 Å². The molecular weight excluding hydrogens is 256 g/mol. The van der Waals surface area contributed by atoms with Gasteiger partial charge in [-0.2, -0.15) is 0 Å². The lowest BCUT2D eigenvalue weighted by molar-refractivity contribution is 0.0578. The molecule has 1 fully saturated rings. The first-order valence-electron chi connectivity index (χ1n) is 7.07. The number of carbonyl (C=O) groups excluding carboxylic acids is 1. The monoisotopic (exact) mass is 278 g/mol. The predicted molar refractivity (Wildman–Crippen MR) is 76.4 cm³/mol. The molecule has 1 aromatic rings. The largest absolute Gasteiger partial charge is 0.450 e. The van der Waals surface area contributed by atoms with E-state index in [-0.39, 0.29) is 6.09 Å². The molecule has 0 unspecified atom stereocenters. The number of aliphatic hydroxyl groups excluding tert-OH is 1. The molecule has 5 nitrogen and oxygen atoms in total. The van der Waals surface area contributed by atoms with Crippen LogP contribution in [0.1, 0.15) is 18.6 Å². The van der Waals surface area contributed by atoms with E-state index in [1.807, 2.05) is 37.3 Å². The summed E-state index contributed by atoms with van der Waals surface area (Å²) in [6.07, 6.45) is -0.721. The van der Waals surface area contributed by atoms with Crippen LogP contribution in [0.15, 0.2) is 30.3 Å². The Morgan fingerprint density at radius 2 is 1.90 bits per heavy atom. The molecular formula is C15H22N2O3. The average molecular weight is 278 g/mol. The normalized spacial score (nSPS) is 17.8. The highest BCUT2D eigenvalue weighted by atomic mass is 16.6. The molecule has 110 valence electrons. The lowest BCUT2D eigenvalue weighted by Gasteiger charge is -2.35. The van der Waals surface area contributed by atoms with E-state index < -0.39 is 6.10 Å². The van der Waals surface area contributed by atoms with Gasteiger partial charge in [-0.05, 0) is 12.5 Å². The Morgan fingerprint density at radius 3 is 2.50 bits per heavy atom. The van der Waals surface area contributed by atoms with Gasteiger partial charge in [0.15, 0.2) is 0 Å². The van der Waals surface area contributed by atoms with Gasteiger partial charge >= 0.3 is 6.09 Å². The van der Waals surface area contributed by atoms with E-state index >= 15 is 0 Å². The first-order valence-corrected chi connectivity index (χ1v) is 7.07. The molecule has 0 aliphatic carbocycles. The van der Waals surface area contributed by atoms with Crippen LogP contribution < -0.4 is 0 Å². The molecule has 1 heterocycles. The fourth-order valence-corrected chi connectivity index (χ4v) is 2.35. The number of benzene rings is 1. The van der Waals surface area contributed by atoms with E-state index in [0.29, 0.717) is 26.2 Å². The number of amides is 1. The minimum absolute atomic E-state index is 0.240. The molecule has 1 amide bonds. The van der Waals surface area contributed by atoms with E-state index in [2.05, 4.69) is 4.90 Å². The van der Waals surface area contributed by atoms with Gasteiger partial charge in [0, 0.05) is 32.7 Å². The molecule has 1 aliphatic heterocycles. The molecule has 0 saturated carbocycles. The Balaban J connectivity index is 1.78. The van der Waals surface area contributed by atoms with Crippen LogP contribution in [0.4, 0.5) is 4.79 Å². The SMILES string of the molecule is CCOC(=O)N1CCN(C[C@H](O)c2ccccc2)CC1. The van der Waals surface area contributed by atoms with Crippen molar-refractivity contribution in [3.63, 3.8) is 0 Å². The van der Waals surface area contributed by atoms with E-state index in [1.54, 1.807) is 4.90 Å². The van der Waals surface area contributed by atoms with E-state index in [1.165, 1.54) is 0 Å². The molecule has 0 radical (unpaired) electrons. The number of hydrogen-bond donors (Lipinski definition) is 1. The van der Waals surface area contributed by atoms with Crippen molar-refractivity contribution < 1.29 is 14.6 Å². The van der Waals surface area contributed by atoms with Gasteiger partial charge in [-0.15, -0.1) is 0 Å². The maximum atomic E-state index is 11.6. The molecule has 0 aromatic heterocycles. The Kier molecular flexibility index (Phi) is 5.38. The van der Waals surface area contributed by atoms with Gasteiger partial charge in [-0.3, -0.25) is 4.90 Å². The lowest BCUT2D eigenvalue weighted by atomic mass is 10.1. The highest BCUT2D eigenvalue weighted by molar-refractivity contribution is 5.67. The van der Waals surface area contributed by atoms with Crippen LogP contribution in [-0.2, 0) is 4.74 Å². The van der Waals surface area contributed by atoms with Crippen molar-refractivity contribution in [2.24, 2.45) is 0 Å². The fourth-order valence-electron chi connectivity index (χ4n) is 2.35. The zero-order valence-electron chi connectivity index (χ0n) is 11.9. The Hall–Kier alpha value is -1.59. The van der Waals surface area contributed by atoms with Gasteiger partial charge < -0.3 is 14.7 Å². The van der Waals surface area contributed by atoms with Gasteiger partial charge in [-0.25, -0.2) is 4.79 Å². The number of hydrogen-bond acceptors (Lipinski definition) is 4. The van der Waals surface area contributed by atoms with Crippen molar-refractivity contribution >= 4 is 6.09 Å². The fraction of sp³-hybridized carbons (Fsp3) is 0.533. The Labute approximate surface area is 119 Å². The summed E-state index contributed by atoms with van der Waals surface area (Å²) in [5.74, 6) is 0. The van der Waals surface area contributed by atoms with Gasteiger partial charge in [0.2, 0.25) is 0 Å². The molecule has 1 aromatic carbocycles. The third-order valence-corrected chi connectivity index (χ3v) is 3.51. The number of nitrogens with zero attached hydrogens (tertiary/aromatic N) is 2. The van der Waals surface area contributed by atoms with Gasteiger partial charge in [0.05, 0.1) is 12.7 Å². The molecule has 1 saturated heterocycles. The van der Waals surface area contributed by atoms with Crippen molar-refractivity contribution in [1.29, 1.82) is 0 Å². The molecule has 5 heteroatoms. The van der Waals surface area contributed by atoms with Crippen molar-refractivity contribution in [1.82, 2.24) is 9.80 Å². The quantitative estimate of drug-likeness (QED) is 0.906. The molecule has 2 rings (SSSR count). The summed E-state index contributed by atoms with van der Waals surface area (Å²) in [5, 5.41) is 10.2. The number of aliphatic hydroxyl groups is 1. The number of carbonyl (C=O) groups is 1. The number of β-amino-alcohol motifs (C(OH)–C–C–N with tert-alkyl or cyclic N) is 1. The standard InChI is InChI=1S/C15H22N2O3/c1-2-20-15(19)17-10-8-16(9-11-17)12-14(18)13-6-4-3-5-7-13/h3-7,14,18H,2,8-12H2,1H3/t14-/m0/s1. The second-order valence-corrected chi connectivity index (χ2v) is 4.91. The highest BCUT2D eigenvalue weighted by Gasteiger charge is 2.23. The molecule has 1 atom stereocenters. The third-order valence-electron chi connectivity index (χ3n) is 3.51. The highest BCUT2D eigenvalue weighted by Crippen LogP contribution is 2.15. The van der Waals surface area contributed by atoms with Crippen LogP contribution in [0.2, 0.25) is 0 Å². The van der Waals surface area contributed by atoms with Gasteiger partial charge in [-0.1, -0.05) is 30.3 Å². The number of ether oxygens (including phenoxy) is 1. The topological polar surface area (TPSA) is 53.0 Å². The second kappa shape index (κ2) is 7.26. The van der Waals surface area contributed by atoms with Crippen molar-refractivity contribution in [3.8, 4) is 0 Å². The molecule has 1 aliphatic rings. The first kappa shape index (κ1) is 14.8. The third kappa shape index (κ3) is 3.95. The van der Waals surface area contributed by atoms with E-state index in [9.17, 15) is 9.90 Å². The summed E-state index contributed by atoms with van der Waals surface area (Å²) >= 11 is 0. The minimum atomic E-state index is -0.481. The number of rotatable bonds is 4. The van der Waals surface area contributed by atoms with E-state index in [0.717, 1.165) is 18.7 Å². The Morgan fingerprint density at radius 1 is 1.25 bits per heavy atom. The molecule has 0 spiro atoms. The smallest absolute Gasteiger partial charge is 0.409 e. The van der Waals surface area contributed by atoms with Crippen LogP contribution in [0, 0.1) is 0 Å².